The molecule has 1 aliphatic heterocycles. The van der Waals surface area contributed by atoms with Crippen LogP contribution in [0.15, 0.2) is 24.4 Å². The van der Waals surface area contributed by atoms with Crippen molar-refractivity contribution in [3.8, 4) is 5.75 Å². The van der Waals surface area contributed by atoms with E-state index >= 15 is 0 Å². The molecule has 1 aliphatic carbocycles. The number of hydrogen-bond acceptors (Lipinski definition) is 8. The van der Waals surface area contributed by atoms with E-state index in [-0.39, 0.29) is 31.0 Å². The van der Waals surface area contributed by atoms with Crippen molar-refractivity contribution < 1.29 is 19.4 Å². The van der Waals surface area contributed by atoms with Gasteiger partial charge >= 0.3 is 0 Å². The van der Waals surface area contributed by atoms with E-state index in [9.17, 15) is 9.59 Å². The fraction of sp³-hybridized carbons (Fsp3) is 0.556. The third-order valence-corrected chi connectivity index (χ3v) is 7.29. The summed E-state index contributed by atoms with van der Waals surface area (Å²) in [7, 11) is 3.34. The Hall–Kier alpha value is -3.40. The van der Waals surface area contributed by atoms with Gasteiger partial charge in [-0.1, -0.05) is 19.3 Å². The first-order valence-electron chi connectivity index (χ1n) is 13.2. The molecule has 200 valence electrons. The number of carbonyl (C=O) groups excluding carboxylic acids is 2. The van der Waals surface area contributed by atoms with Gasteiger partial charge in [0.2, 0.25) is 11.9 Å². The van der Waals surface area contributed by atoms with Gasteiger partial charge in [0.05, 0.1) is 25.6 Å². The number of anilines is 4. The fourth-order valence-electron chi connectivity index (χ4n) is 5.26. The van der Waals surface area contributed by atoms with Crippen molar-refractivity contribution >= 4 is 35.0 Å². The molecule has 0 saturated heterocycles. The first-order valence-corrected chi connectivity index (χ1v) is 13.2. The highest BCUT2D eigenvalue weighted by Gasteiger charge is 2.32. The van der Waals surface area contributed by atoms with E-state index in [1.54, 1.807) is 36.3 Å². The minimum Gasteiger partial charge on any atom is -0.495 e. The molecule has 10 heteroatoms. The van der Waals surface area contributed by atoms with E-state index in [1.165, 1.54) is 20.0 Å². The molecule has 0 radical (unpaired) electrons. The molecule has 1 fully saturated rings. The molecule has 10 nitrogen and oxygen atoms in total. The number of methoxy groups -OCH3 is 1. The first kappa shape index (κ1) is 26.7. The lowest BCUT2D eigenvalue weighted by Crippen LogP contribution is -2.43. The molecular weight excluding hydrogens is 472 g/mol. The Morgan fingerprint density at radius 2 is 1.95 bits per heavy atom. The number of aliphatic hydroxyl groups excluding tert-OH is 1. The zero-order chi connectivity index (χ0) is 26.4. The first-order chi connectivity index (χ1) is 17.9. The van der Waals surface area contributed by atoms with Crippen LogP contribution in [0.4, 0.5) is 23.1 Å². The number of ether oxygens (including phenoxy) is 1. The van der Waals surface area contributed by atoms with Crippen LogP contribution in [0.3, 0.4) is 0 Å². The highest BCUT2D eigenvalue weighted by molar-refractivity contribution is 5.96. The summed E-state index contributed by atoms with van der Waals surface area (Å²) in [6.45, 7) is 2.30. The number of nitrogens with zero attached hydrogens (tertiary/aromatic N) is 4. The SMILES string of the molecule is COc1cc(C(=O)NCCO)ccc1Nc1ncc2c(n1)N(C1CCCC1)[C@@H](C)CCCCC(=O)N2C. The maximum Gasteiger partial charge on any atom is 0.251 e. The molecule has 1 aromatic heterocycles. The lowest BCUT2D eigenvalue weighted by Gasteiger charge is -2.38. The van der Waals surface area contributed by atoms with Gasteiger partial charge in [0.25, 0.3) is 5.91 Å². The van der Waals surface area contributed by atoms with Crippen molar-refractivity contribution in [2.24, 2.45) is 0 Å². The molecule has 1 aromatic carbocycles. The normalized spacial score (nSPS) is 18.9. The van der Waals surface area contributed by atoms with Crippen molar-refractivity contribution in [1.29, 1.82) is 0 Å². The van der Waals surface area contributed by atoms with Crippen LogP contribution in [-0.2, 0) is 4.79 Å². The third kappa shape index (κ3) is 6.12. The van der Waals surface area contributed by atoms with E-state index in [4.69, 9.17) is 14.8 Å². The number of benzene rings is 1. The summed E-state index contributed by atoms with van der Waals surface area (Å²) in [5.41, 5.74) is 1.76. The molecule has 0 unspecified atom stereocenters. The molecule has 37 heavy (non-hydrogen) atoms. The molecule has 1 atom stereocenters. The van der Waals surface area contributed by atoms with Crippen molar-refractivity contribution in [2.75, 3.05) is 42.4 Å². The number of amides is 2. The van der Waals surface area contributed by atoms with Crippen molar-refractivity contribution in [1.82, 2.24) is 15.3 Å². The number of rotatable bonds is 7. The molecule has 3 N–H and O–H groups in total. The molecular formula is C27H38N6O4. The molecule has 2 aromatic rings. The molecule has 2 aliphatic rings. The average Bonchev–Trinajstić information content (AvgIpc) is 3.43. The Kier molecular flexibility index (Phi) is 8.81. The average molecular weight is 511 g/mol. The summed E-state index contributed by atoms with van der Waals surface area (Å²) in [5.74, 6) is 1.41. The predicted octanol–water partition coefficient (Wildman–Crippen LogP) is 3.63. The van der Waals surface area contributed by atoms with Gasteiger partial charge in [-0.2, -0.15) is 4.98 Å². The Morgan fingerprint density at radius 3 is 2.68 bits per heavy atom. The second-order valence-corrected chi connectivity index (χ2v) is 9.82. The van der Waals surface area contributed by atoms with Gasteiger partial charge in [0, 0.05) is 37.7 Å². The fourth-order valence-corrected chi connectivity index (χ4v) is 5.26. The second-order valence-electron chi connectivity index (χ2n) is 9.82. The van der Waals surface area contributed by atoms with Gasteiger partial charge in [0.1, 0.15) is 11.4 Å². The highest BCUT2D eigenvalue weighted by atomic mass is 16.5. The summed E-state index contributed by atoms with van der Waals surface area (Å²) in [5, 5.41) is 14.9. The lowest BCUT2D eigenvalue weighted by molar-refractivity contribution is -0.118. The number of aliphatic hydroxyl groups is 1. The summed E-state index contributed by atoms with van der Waals surface area (Å²) in [6.07, 6.45) is 9.76. The largest absolute Gasteiger partial charge is 0.495 e. The topological polar surface area (TPSA) is 120 Å². The van der Waals surface area contributed by atoms with E-state index in [0.717, 1.165) is 43.6 Å². The zero-order valence-corrected chi connectivity index (χ0v) is 22.0. The van der Waals surface area contributed by atoms with E-state index in [0.29, 0.717) is 35.4 Å². The smallest absolute Gasteiger partial charge is 0.251 e. The van der Waals surface area contributed by atoms with Crippen LogP contribution in [0.25, 0.3) is 0 Å². The van der Waals surface area contributed by atoms with E-state index in [2.05, 4.69) is 27.4 Å². The molecule has 1 saturated carbocycles. The molecule has 4 rings (SSSR count). The van der Waals surface area contributed by atoms with E-state index < -0.39 is 0 Å². The van der Waals surface area contributed by atoms with Crippen LogP contribution >= 0.6 is 0 Å². The van der Waals surface area contributed by atoms with Crippen LogP contribution in [0.1, 0.15) is 68.6 Å². The predicted molar refractivity (Wildman–Crippen MR) is 144 cm³/mol. The molecule has 0 bridgehead atoms. The summed E-state index contributed by atoms with van der Waals surface area (Å²) < 4.78 is 5.53. The maximum absolute atomic E-state index is 12.9. The van der Waals surface area contributed by atoms with Crippen molar-refractivity contribution in [2.45, 2.75) is 70.4 Å². The number of aromatic nitrogens is 2. The highest BCUT2D eigenvalue weighted by Crippen LogP contribution is 2.38. The Balaban J connectivity index is 1.70. The number of nitrogens with one attached hydrogen (secondary N) is 2. The molecule has 2 amide bonds. The van der Waals surface area contributed by atoms with Gasteiger partial charge in [0.15, 0.2) is 5.82 Å². The monoisotopic (exact) mass is 510 g/mol. The second kappa shape index (κ2) is 12.2. The Morgan fingerprint density at radius 1 is 1.19 bits per heavy atom. The Bertz CT molecular complexity index is 1100. The van der Waals surface area contributed by atoms with E-state index in [1.807, 2.05) is 0 Å². The van der Waals surface area contributed by atoms with Crippen LogP contribution in [0.5, 0.6) is 5.75 Å². The van der Waals surface area contributed by atoms with Crippen LogP contribution in [0, 0.1) is 0 Å². The molecule has 0 spiro atoms. The van der Waals surface area contributed by atoms with Gasteiger partial charge in [-0.15, -0.1) is 0 Å². The van der Waals surface area contributed by atoms with Crippen molar-refractivity contribution in [3.05, 3.63) is 30.0 Å². The third-order valence-electron chi connectivity index (χ3n) is 7.29. The minimum absolute atomic E-state index is 0.0724. The number of fused-ring (bicyclic) bond motifs is 1. The van der Waals surface area contributed by atoms with Crippen LogP contribution < -0.4 is 25.2 Å². The standard InChI is InChI=1S/C27H38N6O4/c1-18-8-4-7-11-24(35)32(2)22-17-29-27(31-25(22)33(18)20-9-5-6-10-20)30-21-13-12-19(16-23(21)37-3)26(36)28-14-15-34/h12-13,16-18,20,34H,4-11,14-15H2,1-3H3,(H,28,36)(H,29,30,31)/t18-/m0/s1. The van der Waals surface area contributed by atoms with Gasteiger partial charge in [-0.25, -0.2) is 4.98 Å². The Labute approximate surface area is 218 Å². The van der Waals surface area contributed by atoms with Crippen molar-refractivity contribution in [3.63, 3.8) is 0 Å². The summed E-state index contributed by atoms with van der Waals surface area (Å²) in [4.78, 5) is 38.8. The zero-order valence-electron chi connectivity index (χ0n) is 22.0. The number of carbonyl (C=O) groups is 2. The van der Waals surface area contributed by atoms with Gasteiger partial charge < -0.3 is 30.3 Å². The maximum atomic E-state index is 12.9. The minimum atomic E-state index is -0.294. The van der Waals surface area contributed by atoms with Gasteiger partial charge in [-0.3, -0.25) is 9.59 Å². The molecule has 2 heterocycles. The van der Waals surface area contributed by atoms with Crippen LogP contribution in [0.2, 0.25) is 0 Å². The van der Waals surface area contributed by atoms with Gasteiger partial charge in [-0.05, 0) is 50.8 Å². The summed E-state index contributed by atoms with van der Waals surface area (Å²) >= 11 is 0. The quantitative estimate of drug-likeness (QED) is 0.517. The lowest BCUT2D eigenvalue weighted by atomic mass is 10.0. The van der Waals surface area contributed by atoms with Crippen LogP contribution in [-0.4, -0.2) is 66.3 Å². The number of hydrogen-bond donors (Lipinski definition) is 3. The summed E-state index contributed by atoms with van der Waals surface area (Å²) in [6, 6.07) is 5.73.